The molecule has 1 heterocycles. The number of hydrogen-bond donors (Lipinski definition) is 1. The van der Waals surface area contributed by atoms with Gasteiger partial charge in [-0.3, -0.25) is 9.69 Å². The van der Waals surface area contributed by atoms with Crippen LogP contribution in [0.25, 0.3) is 0 Å². The van der Waals surface area contributed by atoms with Crippen molar-refractivity contribution in [3.05, 3.63) is 71.8 Å². The molecule has 1 aliphatic rings. The van der Waals surface area contributed by atoms with E-state index in [0.29, 0.717) is 6.54 Å². The van der Waals surface area contributed by atoms with Crippen LogP contribution in [0.1, 0.15) is 30.4 Å². The van der Waals surface area contributed by atoms with Crippen molar-refractivity contribution < 1.29 is 4.79 Å². The highest BCUT2D eigenvalue weighted by molar-refractivity contribution is 5.77. The molecule has 1 saturated heterocycles. The fraction of sp³-hybridized carbons (Fsp3) is 0.435. The van der Waals surface area contributed by atoms with Gasteiger partial charge in [0.1, 0.15) is 0 Å². The largest absolute Gasteiger partial charge is 0.355 e. The third-order valence-corrected chi connectivity index (χ3v) is 5.25. The summed E-state index contributed by atoms with van der Waals surface area (Å²) in [5.41, 5.74) is 2.77. The molecule has 138 valence electrons. The van der Waals surface area contributed by atoms with Gasteiger partial charge in [-0.1, -0.05) is 60.7 Å². The van der Waals surface area contributed by atoms with Crippen LogP contribution in [0.3, 0.4) is 0 Å². The minimum absolute atomic E-state index is 0.166. The monoisotopic (exact) mass is 350 g/mol. The van der Waals surface area contributed by atoms with Crippen molar-refractivity contribution in [2.24, 2.45) is 5.92 Å². The van der Waals surface area contributed by atoms with Crippen molar-refractivity contribution in [1.82, 2.24) is 10.2 Å². The number of piperidine rings is 1. The predicted octanol–water partition coefficient (Wildman–Crippen LogP) is 3.69. The van der Waals surface area contributed by atoms with Gasteiger partial charge in [0.15, 0.2) is 0 Å². The average Bonchev–Trinajstić information content (AvgIpc) is 2.68. The highest BCUT2D eigenvalue weighted by atomic mass is 16.2. The molecule has 3 nitrogen and oxygen atoms in total. The lowest BCUT2D eigenvalue weighted by molar-refractivity contribution is -0.122. The molecule has 2 aromatic rings. The average molecular weight is 351 g/mol. The maximum atomic E-state index is 12.1. The summed E-state index contributed by atoms with van der Waals surface area (Å²) in [7, 11) is 0. The molecule has 2 aromatic carbocycles. The van der Waals surface area contributed by atoms with Crippen LogP contribution in [-0.4, -0.2) is 37.0 Å². The van der Waals surface area contributed by atoms with Crippen molar-refractivity contribution in [2.75, 3.05) is 26.2 Å². The Morgan fingerprint density at radius 3 is 2.19 bits per heavy atom. The summed E-state index contributed by atoms with van der Waals surface area (Å²) in [6, 6.07) is 21.2. The zero-order valence-corrected chi connectivity index (χ0v) is 15.6. The predicted molar refractivity (Wildman–Crippen MR) is 107 cm³/mol. The van der Waals surface area contributed by atoms with Crippen molar-refractivity contribution in [3.8, 4) is 0 Å². The Balaban J connectivity index is 1.28. The number of likely N-dealkylation sites (tertiary alicyclic amines) is 1. The van der Waals surface area contributed by atoms with Crippen LogP contribution < -0.4 is 5.32 Å². The van der Waals surface area contributed by atoms with Crippen LogP contribution in [0.4, 0.5) is 0 Å². The third kappa shape index (κ3) is 6.30. The molecule has 0 bridgehead atoms. The van der Waals surface area contributed by atoms with E-state index in [1.54, 1.807) is 0 Å². The van der Waals surface area contributed by atoms with Gasteiger partial charge in [0, 0.05) is 6.54 Å². The van der Waals surface area contributed by atoms with Gasteiger partial charge >= 0.3 is 0 Å². The summed E-state index contributed by atoms with van der Waals surface area (Å²) in [5, 5.41) is 3.07. The van der Waals surface area contributed by atoms with Crippen LogP contribution >= 0.6 is 0 Å². The second-order valence-corrected chi connectivity index (χ2v) is 7.35. The van der Waals surface area contributed by atoms with Crippen LogP contribution in [0.2, 0.25) is 0 Å². The van der Waals surface area contributed by atoms with Crippen molar-refractivity contribution in [3.63, 3.8) is 0 Å². The van der Waals surface area contributed by atoms with Gasteiger partial charge in [-0.15, -0.1) is 0 Å². The summed E-state index contributed by atoms with van der Waals surface area (Å²) in [6.07, 6.45) is 5.56. The second kappa shape index (κ2) is 10.1. The molecule has 0 saturated carbocycles. The highest BCUT2D eigenvalue weighted by Gasteiger charge is 2.20. The molecule has 26 heavy (non-hydrogen) atoms. The molecule has 0 unspecified atom stereocenters. The first-order chi connectivity index (χ1) is 12.8. The van der Waals surface area contributed by atoms with E-state index in [9.17, 15) is 4.79 Å². The molecule has 0 radical (unpaired) electrons. The fourth-order valence-electron chi connectivity index (χ4n) is 3.72. The maximum absolute atomic E-state index is 12.1. The lowest BCUT2D eigenvalue weighted by atomic mass is 9.90. The van der Waals surface area contributed by atoms with E-state index < -0.39 is 0 Å². The molecule has 0 aliphatic carbocycles. The zero-order valence-electron chi connectivity index (χ0n) is 15.6. The molecule has 1 amide bonds. The van der Waals surface area contributed by atoms with Gasteiger partial charge in [-0.25, -0.2) is 0 Å². The third-order valence-electron chi connectivity index (χ3n) is 5.25. The van der Waals surface area contributed by atoms with E-state index in [-0.39, 0.29) is 5.91 Å². The van der Waals surface area contributed by atoms with Crippen LogP contribution in [-0.2, 0) is 17.6 Å². The smallest absolute Gasteiger partial charge is 0.234 e. The lowest BCUT2D eigenvalue weighted by Crippen LogP contribution is -2.42. The Bertz CT molecular complexity index is 648. The molecular weight excluding hydrogens is 320 g/mol. The number of nitrogens with zero attached hydrogens (tertiary/aromatic N) is 1. The van der Waals surface area contributed by atoms with Crippen molar-refractivity contribution in [2.45, 2.75) is 32.1 Å². The van der Waals surface area contributed by atoms with Crippen LogP contribution in [0.5, 0.6) is 0 Å². The number of benzene rings is 2. The van der Waals surface area contributed by atoms with E-state index in [1.165, 1.54) is 30.4 Å². The Morgan fingerprint density at radius 1 is 0.923 bits per heavy atom. The Morgan fingerprint density at radius 2 is 1.54 bits per heavy atom. The summed E-state index contributed by atoms with van der Waals surface area (Å²) in [6.45, 7) is 3.38. The molecule has 0 atom stereocenters. The first-order valence-electron chi connectivity index (χ1n) is 9.86. The molecule has 1 fully saturated rings. The molecule has 1 N–H and O–H groups in total. The highest BCUT2D eigenvalue weighted by Crippen LogP contribution is 2.21. The normalized spacial score (nSPS) is 15.7. The van der Waals surface area contributed by atoms with E-state index in [2.05, 4.69) is 64.8 Å². The van der Waals surface area contributed by atoms with Crippen molar-refractivity contribution >= 4 is 5.91 Å². The summed E-state index contributed by atoms with van der Waals surface area (Å²) >= 11 is 0. The molecule has 3 heteroatoms. The van der Waals surface area contributed by atoms with E-state index in [0.717, 1.165) is 38.4 Å². The summed E-state index contributed by atoms with van der Waals surface area (Å²) in [4.78, 5) is 14.4. The summed E-state index contributed by atoms with van der Waals surface area (Å²) < 4.78 is 0. The van der Waals surface area contributed by atoms with Gasteiger partial charge in [-0.2, -0.15) is 0 Å². The topological polar surface area (TPSA) is 32.3 Å². The van der Waals surface area contributed by atoms with Gasteiger partial charge < -0.3 is 5.32 Å². The van der Waals surface area contributed by atoms with Gasteiger partial charge in [-0.05, 0) is 62.2 Å². The van der Waals surface area contributed by atoms with Gasteiger partial charge in [0.25, 0.3) is 0 Å². The molecule has 0 aromatic heterocycles. The number of carbonyl (C=O) groups excluding carboxylic acids is 1. The maximum Gasteiger partial charge on any atom is 0.234 e. The first kappa shape index (κ1) is 18.7. The Labute approximate surface area is 157 Å². The van der Waals surface area contributed by atoms with E-state index >= 15 is 0 Å². The summed E-state index contributed by atoms with van der Waals surface area (Å²) in [5.74, 6) is 0.919. The fourth-order valence-corrected chi connectivity index (χ4v) is 3.72. The zero-order chi connectivity index (χ0) is 18.0. The number of amides is 1. The first-order valence-corrected chi connectivity index (χ1v) is 9.86. The Kier molecular flexibility index (Phi) is 7.26. The molecular formula is C23H30N2O. The number of hydrogen-bond acceptors (Lipinski definition) is 2. The number of rotatable bonds is 8. The lowest BCUT2D eigenvalue weighted by Gasteiger charge is -2.31. The van der Waals surface area contributed by atoms with Crippen LogP contribution in [0.15, 0.2) is 60.7 Å². The SMILES string of the molecule is O=C(CN1CCC(Cc2ccccc2)CC1)NCCCc1ccccc1. The molecule has 1 aliphatic heterocycles. The van der Waals surface area contributed by atoms with Gasteiger partial charge in [0.05, 0.1) is 6.54 Å². The minimum atomic E-state index is 0.166. The number of carbonyl (C=O) groups is 1. The van der Waals surface area contributed by atoms with Crippen LogP contribution in [0, 0.1) is 5.92 Å². The standard InChI is InChI=1S/C23H30N2O/c26-23(24-15-7-12-20-8-3-1-4-9-20)19-25-16-13-22(14-17-25)18-21-10-5-2-6-11-21/h1-6,8-11,22H,7,12-19H2,(H,24,26). The van der Waals surface area contributed by atoms with Gasteiger partial charge in [0.2, 0.25) is 5.91 Å². The van der Waals surface area contributed by atoms with E-state index in [1.807, 2.05) is 6.07 Å². The van der Waals surface area contributed by atoms with E-state index in [4.69, 9.17) is 0 Å². The minimum Gasteiger partial charge on any atom is -0.355 e. The number of nitrogens with one attached hydrogen (secondary N) is 1. The second-order valence-electron chi connectivity index (χ2n) is 7.35. The molecule has 3 rings (SSSR count). The number of aryl methyl sites for hydroxylation is 1. The quantitative estimate of drug-likeness (QED) is 0.737. The van der Waals surface area contributed by atoms with Crippen molar-refractivity contribution in [1.29, 1.82) is 0 Å². The Hall–Kier alpha value is -2.13. The molecule has 0 spiro atoms.